The Hall–Kier alpha value is -3.37. The molecular weight excluding hydrogens is 380 g/mol. The van der Waals surface area contributed by atoms with Crippen LogP contribution in [-0.2, 0) is 15.1 Å². The molecule has 1 saturated heterocycles. The summed E-state index contributed by atoms with van der Waals surface area (Å²) in [7, 11) is 0. The Morgan fingerprint density at radius 3 is 2.54 bits per heavy atom. The first-order chi connectivity index (χ1) is 13.2. The number of anilines is 1. The van der Waals surface area contributed by atoms with Crippen LogP contribution in [0.5, 0.6) is 0 Å². The molecule has 7 nitrogen and oxygen atoms in total. The molecule has 8 heteroatoms. The highest BCUT2D eigenvalue weighted by Gasteiger charge is 2.49. The number of urea groups is 1. The van der Waals surface area contributed by atoms with Crippen LogP contribution in [0.1, 0.15) is 23.6 Å². The van der Waals surface area contributed by atoms with Crippen molar-refractivity contribution in [2.24, 2.45) is 0 Å². The summed E-state index contributed by atoms with van der Waals surface area (Å²) < 4.78 is 0. The van der Waals surface area contributed by atoms with Gasteiger partial charge in [-0.05, 0) is 49.2 Å². The molecule has 0 aliphatic carbocycles. The van der Waals surface area contributed by atoms with Gasteiger partial charge >= 0.3 is 6.03 Å². The SMILES string of the molecule is Cc1ccc(NC(=O)CN2C(=O)NC(C)(c3ccc(C#N)cc3)C2=O)c(Cl)c1. The minimum absolute atomic E-state index is 0.368. The molecule has 1 heterocycles. The summed E-state index contributed by atoms with van der Waals surface area (Å²) in [6, 6.07) is 12.8. The molecular formula is C20H17ClN4O3. The summed E-state index contributed by atoms with van der Waals surface area (Å²) in [5, 5.41) is 14.5. The second-order valence-corrected chi connectivity index (χ2v) is 7.07. The zero-order valence-electron chi connectivity index (χ0n) is 15.2. The van der Waals surface area contributed by atoms with Crippen molar-refractivity contribution in [2.75, 3.05) is 11.9 Å². The first-order valence-corrected chi connectivity index (χ1v) is 8.83. The summed E-state index contributed by atoms with van der Waals surface area (Å²) in [6.45, 7) is 2.98. The fraction of sp³-hybridized carbons (Fsp3) is 0.200. The van der Waals surface area contributed by atoms with Crippen LogP contribution < -0.4 is 10.6 Å². The Bertz CT molecular complexity index is 1010. The minimum atomic E-state index is -1.31. The third-order valence-corrected chi connectivity index (χ3v) is 4.88. The molecule has 0 spiro atoms. The number of rotatable bonds is 4. The van der Waals surface area contributed by atoms with E-state index in [1.165, 1.54) is 0 Å². The van der Waals surface area contributed by atoms with Crippen LogP contribution in [0.15, 0.2) is 42.5 Å². The zero-order valence-corrected chi connectivity index (χ0v) is 16.0. The third kappa shape index (κ3) is 3.55. The van der Waals surface area contributed by atoms with Gasteiger partial charge in [-0.2, -0.15) is 5.26 Å². The summed E-state index contributed by atoms with van der Waals surface area (Å²) >= 11 is 6.10. The van der Waals surface area contributed by atoms with E-state index >= 15 is 0 Å². The first-order valence-electron chi connectivity index (χ1n) is 8.45. The Morgan fingerprint density at radius 1 is 1.25 bits per heavy atom. The molecule has 3 rings (SSSR count). The highest BCUT2D eigenvalue weighted by atomic mass is 35.5. The fourth-order valence-electron chi connectivity index (χ4n) is 2.97. The van der Waals surface area contributed by atoms with Gasteiger partial charge in [0.05, 0.1) is 22.3 Å². The van der Waals surface area contributed by atoms with Crippen LogP contribution in [0.2, 0.25) is 5.02 Å². The van der Waals surface area contributed by atoms with Gasteiger partial charge in [0.1, 0.15) is 12.1 Å². The quantitative estimate of drug-likeness (QED) is 0.775. The molecule has 1 fully saturated rings. The van der Waals surface area contributed by atoms with E-state index in [1.807, 2.05) is 13.0 Å². The number of benzene rings is 2. The van der Waals surface area contributed by atoms with E-state index in [1.54, 1.807) is 49.4 Å². The average molecular weight is 397 g/mol. The number of hydrogen-bond donors (Lipinski definition) is 2. The Balaban J connectivity index is 1.76. The van der Waals surface area contributed by atoms with E-state index in [0.29, 0.717) is 21.8 Å². The fourth-order valence-corrected chi connectivity index (χ4v) is 3.25. The number of halogens is 1. The van der Waals surface area contributed by atoms with Gasteiger partial charge in [-0.15, -0.1) is 0 Å². The number of carbonyl (C=O) groups excluding carboxylic acids is 3. The molecule has 4 amide bonds. The monoisotopic (exact) mass is 396 g/mol. The van der Waals surface area contributed by atoms with E-state index in [2.05, 4.69) is 10.6 Å². The predicted molar refractivity (Wildman–Crippen MR) is 104 cm³/mol. The number of hydrogen-bond acceptors (Lipinski definition) is 4. The molecule has 0 saturated carbocycles. The van der Waals surface area contributed by atoms with Crippen molar-refractivity contribution >= 4 is 35.1 Å². The summed E-state index contributed by atoms with van der Waals surface area (Å²) in [4.78, 5) is 38.4. The maximum atomic E-state index is 12.9. The summed E-state index contributed by atoms with van der Waals surface area (Å²) in [6.07, 6.45) is 0. The van der Waals surface area contributed by atoms with E-state index in [0.717, 1.165) is 10.5 Å². The topological polar surface area (TPSA) is 102 Å². The van der Waals surface area contributed by atoms with Crippen molar-refractivity contribution in [3.63, 3.8) is 0 Å². The molecule has 28 heavy (non-hydrogen) atoms. The van der Waals surface area contributed by atoms with Crippen molar-refractivity contribution in [1.82, 2.24) is 10.2 Å². The van der Waals surface area contributed by atoms with E-state index in [4.69, 9.17) is 16.9 Å². The van der Waals surface area contributed by atoms with Crippen molar-refractivity contribution in [3.8, 4) is 6.07 Å². The number of nitrogens with one attached hydrogen (secondary N) is 2. The Morgan fingerprint density at radius 2 is 1.93 bits per heavy atom. The number of imide groups is 1. The Kier molecular flexibility index (Phi) is 5.08. The van der Waals surface area contributed by atoms with Gasteiger partial charge in [0.15, 0.2) is 0 Å². The van der Waals surface area contributed by atoms with Crippen molar-refractivity contribution < 1.29 is 14.4 Å². The van der Waals surface area contributed by atoms with Crippen molar-refractivity contribution in [1.29, 1.82) is 5.26 Å². The van der Waals surface area contributed by atoms with Crippen LogP contribution >= 0.6 is 11.6 Å². The van der Waals surface area contributed by atoms with Crippen LogP contribution in [0.4, 0.5) is 10.5 Å². The van der Waals surface area contributed by atoms with Gasteiger partial charge in [-0.1, -0.05) is 29.8 Å². The van der Waals surface area contributed by atoms with Crippen molar-refractivity contribution in [3.05, 3.63) is 64.2 Å². The minimum Gasteiger partial charge on any atom is -0.323 e. The zero-order chi connectivity index (χ0) is 20.5. The lowest BCUT2D eigenvalue weighted by molar-refractivity contribution is -0.133. The molecule has 1 unspecified atom stereocenters. The third-order valence-electron chi connectivity index (χ3n) is 4.57. The molecule has 1 aliphatic rings. The highest BCUT2D eigenvalue weighted by molar-refractivity contribution is 6.33. The molecule has 2 aromatic rings. The maximum absolute atomic E-state index is 12.9. The standard InChI is InChI=1S/C20H17ClN4O3/c1-12-3-8-16(15(21)9-12)23-17(26)11-25-18(27)20(2,24-19(25)28)14-6-4-13(10-22)5-7-14/h3-9H,11H2,1-2H3,(H,23,26)(H,24,28). The predicted octanol–water partition coefficient (Wildman–Crippen LogP) is 2.93. The molecule has 0 aromatic heterocycles. The smallest absolute Gasteiger partial charge is 0.323 e. The summed E-state index contributed by atoms with van der Waals surface area (Å²) in [5.74, 6) is -1.09. The van der Waals surface area contributed by atoms with Gasteiger partial charge < -0.3 is 10.6 Å². The molecule has 1 atom stereocenters. The molecule has 142 valence electrons. The molecule has 2 aromatic carbocycles. The number of aryl methyl sites for hydroxylation is 1. The number of nitriles is 1. The second-order valence-electron chi connectivity index (χ2n) is 6.67. The van der Waals surface area contributed by atoms with Crippen LogP contribution in [0.25, 0.3) is 0 Å². The van der Waals surface area contributed by atoms with Gasteiger partial charge in [0.25, 0.3) is 5.91 Å². The van der Waals surface area contributed by atoms with Crippen molar-refractivity contribution in [2.45, 2.75) is 19.4 Å². The molecule has 2 N–H and O–H groups in total. The normalized spacial score (nSPS) is 18.6. The van der Waals surface area contributed by atoms with E-state index < -0.39 is 29.9 Å². The lowest BCUT2D eigenvalue weighted by Crippen LogP contribution is -2.42. The van der Waals surface area contributed by atoms with Gasteiger partial charge in [0, 0.05) is 0 Å². The van der Waals surface area contributed by atoms with E-state index in [-0.39, 0.29) is 0 Å². The lowest BCUT2D eigenvalue weighted by Gasteiger charge is -2.22. The molecule has 0 radical (unpaired) electrons. The molecule has 1 aliphatic heterocycles. The highest BCUT2D eigenvalue weighted by Crippen LogP contribution is 2.29. The lowest BCUT2D eigenvalue weighted by atomic mass is 9.91. The van der Waals surface area contributed by atoms with Gasteiger partial charge in [0.2, 0.25) is 5.91 Å². The van der Waals surface area contributed by atoms with Crippen LogP contribution in [0.3, 0.4) is 0 Å². The van der Waals surface area contributed by atoms with Crippen LogP contribution in [0, 0.1) is 18.3 Å². The number of nitrogens with zero attached hydrogens (tertiary/aromatic N) is 2. The number of amides is 4. The largest absolute Gasteiger partial charge is 0.325 e. The van der Waals surface area contributed by atoms with Gasteiger partial charge in [-0.3, -0.25) is 14.5 Å². The first kappa shape index (κ1) is 19.4. The number of carbonyl (C=O) groups is 3. The summed E-state index contributed by atoms with van der Waals surface area (Å²) in [5.41, 5.74) is 0.992. The average Bonchev–Trinajstić information content (AvgIpc) is 2.88. The second kappa shape index (κ2) is 7.33. The maximum Gasteiger partial charge on any atom is 0.325 e. The van der Waals surface area contributed by atoms with Gasteiger partial charge in [-0.25, -0.2) is 4.79 Å². The van der Waals surface area contributed by atoms with E-state index in [9.17, 15) is 14.4 Å². The molecule has 0 bridgehead atoms. The Labute approximate surface area is 166 Å². The van der Waals surface area contributed by atoms with Crippen LogP contribution in [-0.4, -0.2) is 29.3 Å².